The molecule has 1 aromatic rings. The number of aromatic nitrogens is 1. The highest BCUT2D eigenvalue weighted by Crippen LogP contribution is 2.20. The van der Waals surface area contributed by atoms with Crippen molar-refractivity contribution in [2.24, 2.45) is 5.41 Å². The first-order valence-corrected chi connectivity index (χ1v) is 5.47. The third kappa shape index (κ3) is 2.28. The van der Waals surface area contributed by atoms with Gasteiger partial charge in [-0.1, -0.05) is 11.3 Å². The van der Waals surface area contributed by atoms with Gasteiger partial charge in [-0.05, 0) is 27.7 Å². The van der Waals surface area contributed by atoms with Gasteiger partial charge in [-0.2, -0.15) is 0 Å². The van der Waals surface area contributed by atoms with Crippen molar-refractivity contribution in [2.45, 2.75) is 34.2 Å². The average molecular weight is 229 g/mol. The second-order valence-electron chi connectivity index (χ2n) is 4.28. The minimum Gasteiger partial charge on any atom is -0.481 e. The molecule has 0 spiro atoms. The Kier molecular flexibility index (Phi) is 3.04. The molecule has 0 aliphatic heterocycles. The van der Waals surface area contributed by atoms with Crippen molar-refractivity contribution in [1.82, 2.24) is 4.57 Å². The molecule has 0 saturated carbocycles. The maximum atomic E-state index is 11.5. The van der Waals surface area contributed by atoms with Gasteiger partial charge in [0, 0.05) is 17.1 Å². The molecule has 0 amide bonds. The maximum Gasteiger partial charge on any atom is 0.310 e. The number of thiazole rings is 1. The van der Waals surface area contributed by atoms with Crippen molar-refractivity contribution in [1.29, 1.82) is 0 Å². The third-order valence-electron chi connectivity index (χ3n) is 2.51. The number of aliphatic carboxylic acids is 1. The molecule has 1 aromatic heterocycles. The first kappa shape index (κ1) is 12.0. The lowest BCUT2D eigenvalue weighted by Crippen LogP contribution is -2.32. The number of carboxylic acid groups (broad SMARTS) is 1. The molecule has 15 heavy (non-hydrogen) atoms. The topological polar surface area (TPSA) is 59.3 Å². The largest absolute Gasteiger partial charge is 0.481 e. The predicted octanol–water partition coefficient (Wildman–Crippen LogP) is 1.64. The van der Waals surface area contributed by atoms with Gasteiger partial charge >= 0.3 is 10.8 Å². The molecule has 5 heteroatoms. The SMILES string of the molecule is Cc1sc(=O)n(CC(C)(C)C(=O)O)c1C. The molecule has 4 nitrogen and oxygen atoms in total. The van der Waals surface area contributed by atoms with E-state index in [0.717, 1.165) is 21.9 Å². The molecule has 0 fully saturated rings. The van der Waals surface area contributed by atoms with Gasteiger partial charge in [-0.25, -0.2) is 0 Å². The van der Waals surface area contributed by atoms with Gasteiger partial charge in [-0.15, -0.1) is 0 Å². The Balaban J connectivity index is 3.10. The Morgan fingerprint density at radius 1 is 1.47 bits per heavy atom. The van der Waals surface area contributed by atoms with E-state index in [0.29, 0.717) is 0 Å². The lowest BCUT2D eigenvalue weighted by molar-refractivity contribution is -0.147. The number of rotatable bonds is 3. The zero-order valence-corrected chi connectivity index (χ0v) is 10.1. The quantitative estimate of drug-likeness (QED) is 0.857. The van der Waals surface area contributed by atoms with E-state index in [4.69, 9.17) is 5.11 Å². The fourth-order valence-electron chi connectivity index (χ4n) is 1.23. The Labute approximate surface area is 92.2 Å². The summed E-state index contributed by atoms with van der Waals surface area (Å²) in [5.41, 5.74) is -0.0541. The second kappa shape index (κ2) is 3.81. The van der Waals surface area contributed by atoms with E-state index in [1.54, 1.807) is 13.8 Å². The normalized spacial score (nSPS) is 11.7. The van der Waals surface area contributed by atoms with Crippen LogP contribution in [0.5, 0.6) is 0 Å². The standard InChI is InChI=1S/C10H15NO3S/c1-6-7(2)15-9(14)11(6)5-10(3,4)8(12)13/h5H2,1-4H3,(H,12,13). The van der Waals surface area contributed by atoms with Crippen LogP contribution in [0.2, 0.25) is 0 Å². The highest BCUT2D eigenvalue weighted by atomic mass is 32.1. The summed E-state index contributed by atoms with van der Waals surface area (Å²) in [4.78, 5) is 23.4. The minimum absolute atomic E-state index is 0.0840. The second-order valence-corrected chi connectivity index (χ2v) is 5.45. The third-order valence-corrected chi connectivity index (χ3v) is 3.50. The highest BCUT2D eigenvalue weighted by molar-refractivity contribution is 7.09. The van der Waals surface area contributed by atoms with Gasteiger partial charge in [0.05, 0.1) is 5.41 Å². The molecule has 0 aliphatic rings. The smallest absolute Gasteiger partial charge is 0.310 e. The predicted molar refractivity (Wildman–Crippen MR) is 59.5 cm³/mol. The van der Waals surface area contributed by atoms with Crippen molar-refractivity contribution in [3.63, 3.8) is 0 Å². The van der Waals surface area contributed by atoms with Crippen LogP contribution in [0.4, 0.5) is 0 Å². The van der Waals surface area contributed by atoms with Crippen LogP contribution in [0, 0.1) is 19.3 Å². The molecule has 1 heterocycles. The van der Waals surface area contributed by atoms with Crippen LogP contribution < -0.4 is 4.87 Å². The first-order chi connectivity index (χ1) is 6.75. The summed E-state index contributed by atoms with van der Waals surface area (Å²) in [5.74, 6) is -0.891. The van der Waals surface area contributed by atoms with E-state index < -0.39 is 11.4 Å². The number of nitrogens with zero attached hydrogens (tertiary/aromatic N) is 1. The van der Waals surface area contributed by atoms with Crippen LogP contribution in [0.1, 0.15) is 24.4 Å². The van der Waals surface area contributed by atoms with E-state index in [2.05, 4.69) is 0 Å². The lowest BCUT2D eigenvalue weighted by Gasteiger charge is -2.20. The Morgan fingerprint density at radius 3 is 2.33 bits per heavy atom. The van der Waals surface area contributed by atoms with Crippen molar-refractivity contribution in [3.8, 4) is 0 Å². The van der Waals surface area contributed by atoms with E-state index in [1.165, 1.54) is 4.57 Å². The van der Waals surface area contributed by atoms with Crippen LogP contribution >= 0.6 is 11.3 Å². The zero-order valence-electron chi connectivity index (χ0n) is 9.33. The highest BCUT2D eigenvalue weighted by Gasteiger charge is 2.29. The summed E-state index contributed by atoms with van der Waals surface area (Å²) in [7, 11) is 0. The fraction of sp³-hybridized carbons (Fsp3) is 0.600. The zero-order chi connectivity index (χ0) is 11.8. The molecule has 0 saturated heterocycles. The molecule has 0 atom stereocenters. The van der Waals surface area contributed by atoms with Crippen LogP contribution in [-0.4, -0.2) is 15.6 Å². The summed E-state index contributed by atoms with van der Waals surface area (Å²) >= 11 is 1.16. The number of hydrogen-bond acceptors (Lipinski definition) is 3. The Bertz CT molecular complexity index is 442. The average Bonchev–Trinajstić information content (AvgIpc) is 2.32. The van der Waals surface area contributed by atoms with Gasteiger partial charge in [0.2, 0.25) is 0 Å². The molecular formula is C10H15NO3S. The first-order valence-electron chi connectivity index (χ1n) is 4.66. The lowest BCUT2D eigenvalue weighted by atomic mass is 9.94. The molecule has 1 N–H and O–H groups in total. The van der Waals surface area contributed by atoms with Gasteiger partial charge < -0.3 is 9.67 Å². The Hall–Kier alpha value is -1.10. The van der Waals surface area contributed by atoms with Crippen LogP contribution in [0.25, 0.3) is 0 Å². The summed E-state index contributed by atoms with van der Waals surface area (Å²) < 4.78 is 1.54. The van der Waals surface area contributed by atoms with Crippen molar-refractivity contribution in [2.75, 3.05) is 0 Å². The molecule has 0 aromatic carbocycles. The van der Waals surface area contributed by atoms with Gasteiger partial charge in [0.25, 0.3) is 0 Å². The molecule has 0 unspecified atom stereocenters. The summed E-state index contributed by atoms with van der Waals surface area (Å²) in [6.07, 6.45) is 0. The van der Waals surface area contributed by atoms with Crippen molar-refractivity contribution >= 4 is 17.3 Å². The summed E-state index contributed by atoms with van der Waals surface area (Å²) in [6, 6.07) is 0. The monoisotopic (exact) mass is 229 g/mol. The summed E-state index contributed by atoms with van der Waals surface area (Å²) in [5, 5.41) is 8.98. The van der Waals surface area contributed by atoms with Crippen molar-refractivity contribution < 1.29 is 9.90 Å². The fourth-order valence-corrected chi connectivity index (χ4v) is 2.06. The molecule has 0 radical (unpaired) electrons. The number of carbonyl (C=O) groups is 1. The number of hydrogen-bond donors (Lipinski definition) is 1. The minimum atomic E-state index is -0.915. The van der Waals surface area contributed by atoms with E-state index in [-0.39, 0.29) is 11.4 Å². The van der Waals surface area contributed by atoms with Gasteiger partial charge in [0.1, 0.15) is 0 Å². The molecule has 0 bridgehead atoms. The van der Waals surface area contributed by atoms with E-state index in [1.807, 2.05) is 13.8 Å². The molecular weight excluding hydrogens is 214 g/mol. The van der Waals surface area contributed by atoms with E-state index >= 15 is 0 Å². The molecule has 0 aliphatic carbocycles. The number of aryl methyl sites for hydroxylation is 1. The van der Waals surface area contributed by atoms with Crippen LogP contribution in [0.15, 0.2) is 4.79 Å². The number of carboxylic acids is 1. The van der Waals surface area contributed by atoms with Gasteiger partial charge in [-0.3, -0.25) is 9.59 Å². The van der Waals surface area contributed by atoms with Crippen LogP contribution in [0.3, 0.4) is 0 Å². The van der Waals surface area contributed by atoms with Gasteiger partial charge in [0.15, 0.2) is 0 Å². The van der Waals surface area contributed by atoms with E-state index in [9.17, 15) is 9.59 Å². The van der Waals surface area contributed by atoms with Crippen LogP contribution in [-0.2, 0) is 11.3 Å². The molecule has 84 valence electrons. The molecule has 1 rings (SSSR count). The Morgan fingerprint density at radius 2 is 2.00 bits per heavy atom. The maximum absolute atomic E-state index is 11.5. The van der Waals surface area contributed by atoms with Crippen molar-refractivity contribution in [3.05, 3.63) is 20.2 Å². The summed E-state index contributed by atoms with van der Waals surface area (Å²) in [6.45, 7) is 7.16.